The quantitative estimate of drug-likeness (QED) is 0.518. The zero-order chi connectivity index (χ0) is 21.9. The van der Waals surface area contributed by atoms with Crippen LogP contribution in [0.1, 0.15) is 48.2 Å². The molecule has 0 radical (unpaired) electrons. The fourth-order valence-corrected chi connectivity index (χ4v) is 6.29. The number of ether oxygens (including phenoxy) is 1. The highest BCUT2D eigenvalue weighted by Gasteiger charge is 2.58. The Bertz CT molecular complexity index is 1200. The van der Waals surface area contributed by atoms with Gasteiger partial charge in [-0.05, 0) is 85.8 Å². The number of halogens is 1. The molecular formula is C26H26BrN3O2. The molecule has 4 bridgehead atoms. The second-order valence-corrected chi connectivity index (χ2v) is 10.2. The number of nitrogens with zero attached hydrogens (tertiary/aromatic N) is 2. The molecule has 3 aromatic rings. The number of piperidine rings is 3. The highest BCUT2D eigenvalue weighted by atomic mass is 79.9. The molecule has 164 valence electrons. The largest absolute Gasteiger partial charge is 0.364 e. The molecule has 0 saturated carbocycles. The Hall–Kier alpha value is -2.28. The minimum absolute atomic E-state index is 0.0236. The van der Waals surface area contributed by atoms with E-state index in [1.54, 1.807) is 0 Å². The highest BCUT2D eigenvalue weighted by Crippen LogP contribution is 2.54. The second-order valence-electron chi connectivity index (χ2n) is 9.31. The van der Waals surface area contributed by atoms with Crippen LogP contribution < -0.4 is 5.32 Å². The van der Waals surface area contributed by atoms with Crippen molar-refractivity contribution in [1.29, 1.82) is 0 Å². The first-order valence-corrected chi connectivity index (χ1v) is 12.2. The molecule has 5 aliphatic rings. The van der Waals surface area contributed by atoms with Gasteiger partial charge < -0.3 is 10.1 Å². The number of aromatic nitrogens is 1. The second kappa shape index (κ2) is 7.65. The molecule has 0 aliphatic carbocycles. The fourth-order valence-electron chi connectivity index (χ4n) is 6.02. The minimum Gasteiger partial charge on any atom is -0.364 e. The molecule has 6 heteroatoms. The lowest BCUT2D eigenvalue weighted by Crippen LogP contribution is -2.70. The van der Waals surface area contributed by atoms with Gasteiger partial charge in [-0.3, -0.25) is 14.7 Å². The van der Waals surface area contributed by atoms with Crippen LogP contribution in [0.4, 0.5) is 5.69 Å². The Morgan fingerprint density at radius 3 is 2.84 bits per heavy atom. The van der Waals surface area contributed by atoms with Crippen molar-refractivity contribution < 1.29 is 9.53 Å². The molecule has 5 fully saturated rings. The Labute approximate surface area is 196 Å². The third-order valence-corrected chi connectivity index (χ3v) is 8.26. The molecule has 1 N–H and O–H groups in total. The minimum atomic E-state index is -0.122. The van der Waals surface area contributed by atoms with Gasteiger partial charge in [-0.25, -0.2) is 0 Å². The van der Waals surface area contributed by atoms with E-state index >= 15 is 0 Å². The van der Waals surface area contributed by atoms with Crippen LogP contribution in [0.2, 0.25) is 0 Å². The molecular weight excluding hydrogens is 466 g/mol. The predicted molar refractivity (Wildman–Crippen MR) is 129 cm³/mol. The van der Waals surface area contributed by atoms with Crippen molar-refractivity contribution in [1.82, 2.24) is 9.88 Å². The number of fused-ring (bicyclic) bond motifs is 3. The number of pyridine rings is 1. The lowest BCUT2D eigenvalue weighted by atomic mass is 9.66. The summed E-state index contributed by atoms with van der Waals surface area (Å²) >= 11 is 3.43. The Kier molecular flexibility index (Phi) is 4.86. The van der Waals surface area contributed by atoms with Crippen molar-refractivity contribution in [3.8, 4) is 0 Å². The number of carbonyl (C=O) groups is 1. The monoisotopic (exact) mass is 491 g/mol. The molecule has 2 aromatic carbocycles. The first-order valence-electron chi connectivity index (χ1n) is 11.4. The number of morpholine rings is 1. The van der Waals surface area contributed by atoms with Crippen LogP contribution in [0.5, 0.6) is 0 Å². The number of benzene rings is 2. The molecule has 5 nitrogen and oxygen atoms in total. The van der Waals surface area contributed by atoms with Crippen LogP contribution in [0, 0.1) is 5.92 Å². The van der Waals surface area contributed by atoms with Gasteiger partial charge >= 0.3 is 0 Å². The molecule has 6 heterocycles. The fraction of sp³-hybridized carbons (Fsp3) is 0.385. The van der Waals surface area contributed by atoms with E-state index in [9.17, 15) is 4.79 Å². The molecule has 5 atom stereocenters. The number of nitrogens with one attached hydrogen (secondary N) is 1. The Balaban J connectivity index is 1.36. The van der Waals surface area contributed by atoms with Crippen LogP contribution in [-0.4, -0.2) is 40.5 Å². The summed E-state index contributed by atoms with van der Waals surface area (Å²) in [6, 6.07) is 15.9. The first kappa shape index (κ1) is 20.3. The van der Waals surface area contributed by atoms with Gasteiger partial charge in [0.15, 0.2) is 0 Å². The molecule has 1 aromatic heterocycles. The Morgan fingerprint density at radius 2 is 2.09 bits per heavy atom. The molecule has 8 rings (SSSR count). The van der Waals surface area contributed by atoms with Crippen LogP contribution in [-0.2, 0) is 4.74 Å². The maximum absolute atomic E-state index is 13.0. The number of carbonyl (C=O) groups excluding carboxylic acids is 1. The summed E-state index contributed by atoms with van der Waals surface area (Å²) in [6.07, 6.45) is 5.38. The van der Waals surface area contributed by atoms with Gasteiger partial charge in [0.05, 0.1) is 17.2 Å². The average molecular weight is 492 g/mol. The molecule has 0 spiro atoms. The summed E-state index contributed by atoms with van der Waals surface area (Å²) in [7, 11) is 0. The van der Waals surface area contributed by atoms with Crippen LogP contribution in [0.25, 0.3) is 10.9 Å². The van der Waals surface area contributed by atoms with E-state index in [0.717, 1.165) is 39.6 Å². The summed E-state index contributed by atoms with van der Waals surface area (Å²) in [5, 5.41) is 4.00. The SMILES string of the molecule is CCC12CN3CCC1CC3[C@H](c1ccnc3ccc(C(=O)Nc4ccc(Br)cc4)cc13)O2. The van der Waals surface area contributed by atoms with Crippen LogP contribution in [0.3, 0.4) is 0 Å². The number of hydrogen-bond acceptors (Lipinski definition) is 4. The number of amides is 1. The standard InChI is InChI=1S/C26H26BrN3O2/c1-2-26-15-30-12-10-17(26)14-23(30)24(32-26)20-9-11-28-22-8-3-16(13-21(20)22)25(31)29-19-6-4-18(27)5-7-19/h3-9,11,13,17,23-24H,2,10,12,14-15H2,1H3,(H,29,31)/t17?,23?,24-,26?/m0/s1. The normalized spacial score (nSPS) is 30.6. The number of rotatable bonds is 4. The van der Waals surface area contributed by atoms with Crippen LogP contribution in [0.15, 0.2) is 59.2 Å². The maximum atomic E-state index is 13.0. The molecule has 5 aliphatic heterocycles. The van der Waals surface area contributed by atoms with Gasteiger partial charge in [0, 0.05) is 39.9 Å². The number of anilines is 1. The summed E-state index contributed by atoms with van der Waals surface area (Å²) in [5.74, 6) is 0.544. The Morgan fingerprint density at radius 1 is 1.25 bits per heavy atom. The van der Waals surface area contributed by atoms with Gasteiger partial charge in [0.2, 0.25) is 0 Å². The summed E-state index contributed by atoms with van der Waals surface area (Å²) in [5.41, 5.74) is 3.41. The van der Waals surface area contributed by atoms with Crippen molar-refractivity contribution in [2.24, 2.45) is 5.92 Å². The molecule has 5 saturated heterocycles. The predicted octanol–water partition coefficient (Wildman–Crippen LogP) is 5.56. The van der Waals surface area contributed by atoms with Gasteiger partial charge in [0.1, 0.15) is 0 Å². The number of hydrogen-bond donors (Lipinski definition) is 1. The lowest BCUT2D eigenvalue weighted by molar-refractivity contribution is -0.274. The van der Waals surface area contributed by atoms with E-state index in [1.165, 1.54) is 19.4 Å². The summed E-state index contributed by atoms with van der Waals surface area (Å²) in [4.78, 5) is 20.2. The van der Waals surface area contributed by atoms with Gasteiger partial charge in [-0.15, -0.1) is 0 Å². The van der Waals surface area contributed by atoms with E-state index in [2.05, 4.69) is 44.1 Å². The van der Waals surface area contributed by atoms with Crippen molar-refractivity contribution in [2.45, 2.75) is 43.9 Å². The summed E-state index contributed by atoms with van der Waals surface area (Å²) in [6.45, 7) is 4.48. The third kappa shape index (κ3) is 3.19. The van der Waals surface area contributed by atoms with E-state index < -0.39 is 0 Å². The topological polar surface area (TPSA) is 54.5 Å². The van der Waals surface area contributed by atoms with Gasteiger partial charge in [-0.2, -0.15) is 0 Å². The molecule has 1 amide bonds. The highest BCUT2D eigenvalue weighted by molar-refractivity contribution is 9.10. The van der Waals surface area contributed by atoms with Crippen LogP contribution >= 0.6 is 15.9 Å². The van der Waals surface area contributed by atoms with Crippen molar-refractivity contribution in [3.05, 3.63) is 70.3 Å². The van der Waals surface area contributed by atoms with E-state index in [0.29, 0.717) is 17.5 Å². The smallest absolute Gasteiger partial charge is 0.255 e. The van der Waals surface area contributed by atoms with Gasteiger partial charge in [0.25, 0.3) is 5.91 Å². The molecule has 4 unspecified atom stereocenters. The molecule has 32 heavy (non-hydrogen) atoms. The van der Waals surface area contributed by atoms with Crippen molar-refractivity contribution in [2.75, 3.05) is 18.4 Å². The van der Waals surface area contributed by atoms with Crippen molar-refractivity contribution in [3.63, 3.8) is 0 Å². The van der Waals surface area contributed by atoms with E-state index in [-0.39, 0.29) is 17.6 Å². The van der Waals surface area contributed by atoms with E-state index in [1.807, 2.05) is 48.7 Å². The zero-order valence-corrected chi connectivity index (χ0v) is 19.6. The first-order chi connectivity index (χ1) is 15.6. The summed E-state index contributed by atoms with van der Waals surface area (Å²) < 4.78 is 7.86. The average Bonchev–Trinajstić information content (AvgIpc) is 2.84. The van der Waals surface area contributed by atoms with Gasteiger partial charge in [-0.1, -0.05) is 22.9 Å². The van der Waals surface area contributed by atoms with E-state index in [4.69, 9.17) is 4.74 Å². The zero-order valence-electron chi connectivity index (χ0n) is 18.1. The lowest BCUT2D eigenvalue weighted by Gasteiger charge is -2.64. The maximum Gasteiger partial charge on any atom is 0.255 e. The van der Waals surface area contributed by atoms with Crippen molar-refractivity contribution >= 4 is 38.4 Å². The third-order valence-electron chi connectivity index (χ3n) is 7.73.